The molecule has 1 aromatic heterocycles. The van der Waals surface area contributed by atoms with Gasteiger partial charge in [-0.05, 0) is 53.4 Å². The fraction of sp³-hybridized carbons (Fsp3) is 0.667. The van der Waals surface area contributed by atoms with Gasteiger partial charge in [0.2, 0.25) is 0 Å². The standard InChI is InChI=1S/C12H18BrNO/c13-12-7-6-11(15-12)9-14-8-10-4-2-1-3-5-10/h6-7,10,14H,1-5,8-9H2. The lowest BCUT2D eigenvalue weighted by molar-refractivity contribution is 0.336. The molecule has 0 unspecified atom stereocenters. The molecular formula is C12H18BrNO. The zero-order chi connectivity index (χ0) is 10.5. The van der Waals surface area contributed by atoms with E-state index < -0.39 is 0 Å². The Hall–Kier alpha value is -0.280. The van der Waals surface area contributed by atoms with Crippen LogP contribution in [0, 0.1) is 5.92 Å². The highest BCUT2D eigenvalue weighted by Gasteiger charge is 2.12. The number of hydrogen-bond donors (Lipinski definition) is 1. The molecule has 0 bridgehead atoms. The van der Waals surface area contributed by atoms with Crippen molar-refractivity contribution in [3.63, 3.8) is 0 Å². The molecule has 0 spiro atoms. The van der Waals surface area contributed by atoms with Gasteiger partial charge >= 0.3 is 0 Å². The zero-order valence-electron chi connectivity index (χ0n) is 8.97. The van der Waals surface area contributed by atoms with E-state index in [1.165, 1.54) is 32.1 Å². The van der Waals surface area contributed by atoms with Crippen molar-refractivity contribution in [2.24, 2.45) is 5.92 Å². The van der Waals surface area contributed by atoms with E-state index in [1.54, 1.807) is 0 Å². The Morgan fingerprint density at radius 3 is 2.73 bits per heavy atom. The Morgan fingerprint density at radius 2 is 2.07 bits per heavy atom. The molecule has 1 aliphatic carbocycles. The predicted molar refractivity (Wildman–Crippen MR) is 64.7 cm³/mol. The first kappa shape index (κ1) is 11.2. The van der Waals surface area contributed by atoms with Gasteiger partial charge in [0.05, 0.1) is 6.54 Å². The molecular weight excluding hydrogens is 254 g/mol. The van der Waals surface area contributed by atoms with Crippen LogP contribution in [0.2, 0.25) is 0 Å². The molecule has 1 N–H and O–H groups in total. The summed E-state index contributed by atoms with van der Waals surface area (Å²) in [6.45, 7) is 1.99. The van der Waals surface area contributed by atoms with Gasteiger partial charge in [0, 0.05) is 0 Å². The van der Waals surface area contributed by atoms with Crippen LogP contribution in [0.25, 0.3) is 0 Å². The maximum absolute atomic E-state index is 5.43. The summed E-state index contributed by atoms with van der Waals surface area (Å²) in [5.74, 6) is 1.90. The lowest BCUT2D eigenvalue weighted by Gasteiger charge is -2.21. The summed E-state index contributed by atoms with van der Waals surface area (Å²) in [4.78, 5) is 0. The highest BCUT2D eigenvalue weighted by Crippen LogP contribution is 2.23. The molecule has 1 aliphatic rings. The third kappa shape index (κ3) is 3.65. The van der Waals surface area contributed by atoms with Gasteiger partial charge in [0.1, 0.15) is 5.76 Å². The molecule has 0 atom stereocenters. The second kappa shape index (κ2) is 5.71. The average Bonchev–Trinajstić information content (AvgIpc) is 2.66. The first-order chi connectivity index (χ1) is 7.34. The number of furan rings is 1. The van der Waals surface area contributed by atoms with Gasteiger partial charge in [-0.1, -0.05) is 19.3 Å². The third-order valence-corrected chi connectivity index (χ3v) is 3.51. The SMILES string of the molecule is Brc1ccc(CNCC2CCCCC2)o1. The first-order valence-corrected chi connectivity index (χ1v) is 6.59. The summed E-state index contributed by atoms with van der Waals surface area (Å²) >= 11 is 3.31. The van der Waals surface area contributed by atoms with Crippen LogP contribution >= 0.6 is 15.9 Å². The summed E-state index contributed by atoms with van der Waals surface area (Å²) in [6, 6.07) is 3.95. The second-order valence-corrected chi connectivity index (χ2v) is 5.12. The molecule has 0 amide bonds. The van der Waals surface area contributed by atoms with E-state index in [1.807, 2.05) is 12.1 Å². The molecule has 0 radical (unpaired) electrons. The van der Waals surface area contributed by atoms with E-state index in [0.29, 0.717) is 0 Å². The highest BCUT2D eigenvalue weighted by molar-refractivity contribution is 9.10. The monoisotopic (exact) mass is 271 g/mol. The maximum atomic E-state index is 5.43. The molecule has 0 saturated heterocycles. The minimum atomic E-state index is 0.817. The van der Waals surface area contributed by atoms with Crippen molar-refractivity contribution >= 4 is 15.9 Å². The number of nitrogens with one attached hydrogen (secondary N) is 1. The van der Waals surface area contributed by atoms with Crippen molar-refractivity contribution in [1.82, 2.24) is 5.32 Å². The molecule has 1 fully saturated rings. The van der Waals surface area contributed by atoms with Gasteiger partial charge in [-0.25, -0.2) is 0 Å². The number of rotatable bonds is 4. The van der Waals surface area contributed by atoms with Crippen LogP contribution in [-0.4, -0.2) is 6.54 Å². The van der Waals surface area contributed by atoms with Gasteiger partial charge in [0.25, 0.3) is 0 Å². The van der Waals surface area contributed by atoms with Gasteiger partial charge in [-0.3, -0.25) is 0 Å². The van der Waals surface area contributed by atoms with E-state index in [4.69, 9.17) is 4.42 Å². The van der Waals surface area contributed by atoms with E-state index in [-0.39, 0.29) is 0 Å². The van der Waals surface area contributed by atoms with Crippen molar-refractivity contribution in [2.45, 2.75) is 38.6 Å². The van der Waals surface area contributed by atoms with Crippen LogP contribution in [-0.2, 0) is 6.54 Å². The summed E-state index contributed by atoms with van der Waals surface area (Å²) < 4.78 is 6.24. The van der Waals surface area contributed by atoms with Crippen molar-refractivity contribution < 1.29 is 4.42 Å². The van der Waals surface area contributed by atoms with Gasteiger partial charge in [-0.2, -0.15) is 0 Å². The Morgan fingerprint density at radius 1 is 1.27 bits per heavy atom. The Labute approximate surface area is 99.6 Å². The Kier molecular flexibility index (Phi) is 4.27. The molecule has 0 aliphatic heterocycles. The fourth-order valence-electron chi connectivity index (χ4n) is 2.24. The largest absolute Gasteiger partial charge is 0.453 e. The van der Waals surface area contributed by atoms with Crippen molar-refractivity contribution in [2.75, 3.05) is 6.54 Å². The fourth-order valence-corrected chi connectivity index (χ4v) is 2.58. The van der Waals surface area contributed by atoms with Crippen LogP contribution in [0.5, 0.6) is 0 Å². The van der Waals surface area contributed by atoms with E-state index in [9.17, 15) is 0 Å². The molecule has 2 rings (SSSR count). The summed E-state index contributed by atoms with van der Waals surface area (Å²) in [7, 11) is 0. The summed E-state index contributed by atoms with van der Waals surface area (Å²) in [5, 5.41) is 3.47. The lowest BCUT2D eigenvalue weighted by Crippen LogP contribution is -2.23. The maximum Gasteiger partial charge on any atom is 0.169 e. The molecule has 1 aromatic rings. The zero-order valence-corrected chi connectivity index (χ0v) is 10.6. The van der Waals surface area contributed by atoms with E-state index in [0.717, 1.165) is 29.4 Å². The molecule has 15 heavy (non-hydrogen) atoms. The topological polar surface area (TPSA) is 25.2 Å². The molecule has 1 saturated carbocycles. The molecule has 84 valence electrons. The lowest BCUT2D eigenvalue weighted by atomic mass is 9.89. The molecule has 0 aromatic carbocycles. The highest BCUT2D eigenvalue weighted by atomic mass is 79.9. The quantitative estimate of drug-likeness (QED) is 0.903. The smallest absolute Gasteiger partial charge is 0.169 e. The van der Waals surface area contributed by atoms with Crippen molar-refractivity contribution in [3.05, 3.63) is 22.6 Å². The van der Waals surface area contributed by atoms with Crippen LogP contribution in [0.4, 0.5) is 0 Å². The van der Waals surface area contributed by atoms with Crippen LogP contribution in [0.15, 0.2) is 21.2 Å². The number of halogens is 1. The summed E-state index contributed by atoms with van der Waals surface area (Å²) in [6.07, 6.45) is 7.06. The van der Waals surface area contributed by atoms with E-state index >= 15 is 0 Å². The average molecular weight is 272 g/mol. The van der Waals surface area contributed by atoms with Crippen LogP contribution < -0.4 is 5.32 Å². The minimum Gasteiger partial charge on any atom is -0.453 e. The van der Waals surface area contributed by atoms with Crippen LogP contribution in [0.3, 0.4) is 0 Å². The Balaban J connectivity index is 1.65. The predicted octanol–water partition coefficient (Wildman–Crippen LogP) is 3.71. The molecule has 2 nitrogen and oxygen atoms in total. The normalized spacial score (nSPS) is 18.2. The van der Waals surface area contributed by atoms with Crippen LogP contribution in [0.1, 0.15) is 37.9 Å². The van der Waals surface area contributed by atoms with Crippen molar-refractivity contribution in [3.8, 4) is 0 Å². The van der Waals surface area contributed by atoms with E-state index in [2.05, 4.69) is 21.2 Å². The van der Waals surface area contributed by atoms with Gasteiger partial charge < -0.3 is 9.73 Å². The third-order valence-electron chi connectivity index (χ3n) is 3.09. The first-order valence-electron chi connectivity index (χ1n) is 5.79. The number of hydrogen-bond acceptors (Lipinski definition) is 2. The Bertz CT molecular complexity index is 292. The van der Waals surface area contributed by atoms with Gasteiger partial charge in [0.15, 0.2) is 4.67 Å². The summed E-state index contributed by atoms with van der Waals surface area (Å²) in [5.41, 5.74) is 0. The van der Waals surface area contributed by atoms with Gasteiger partial charge in [-0.15, -0.1) is 0 Å². The molecule has 3 heteroatoms. The molecule has 1 heterocycles. The minimum absolute atomic E-state index is 0.817. The second-order valence-electron chi connectivity index (χ2n) is 4.34. The van der Waals surface area contributed by atoms with Crippen molar-refractivity contribution in [1.29, 1.82) is 0 Å².